The predicted octanol–water partition coefficient (Wildman–Crippen LogP) is 1.24. The lowest BCUT2D eigenvalue weighted by molar-refractivity contribution is -0.392. The van der Waals surface area contributed by atoms with Gasteiger partial charge in [0.25, 0.3) is 0 Å². The fraction of sp³-hybridized carbons (Fsp3) is 0.250. The molecule has 24 heavy (non-hydrogen) atoms. The summed E-state index contributed by atoms with van der Waals surface area (Å²) in [4.78, 5) is 25.1. The third-order valence-corrected chi connectivity index (χ3v) is 2.87. The standard InChI is InChI=1S/C12H12ClN7O4/c1-8(21)24-5-4-19-11(14-7-12(19)20(22)23)6-15-17-10-3-2-9(13)16-18-10/h2-3,6-7H,4-5H2,1H3,(H,17,18). The molecule has 2 heterocycles. The smallest absolute Gasteiger partial charge is 0.343 e. The van der Waals surface area contributed by atoms with E-state index in [1.165, 1.54) is 23.8 Å². The second-order valence-corrected chi connectivity index (χ2v) is 4.72. The molecule has 0 unspecified atom stereocenters. The fourth-order valence-electron chi connectivity index (χ4n) is 1.67. The number of anilines is 1. The number of hydrogen-bond donors (Lipinski definition) is 1. The number of halogens is 1. The number of carbonyl (C=O) groups excluding carboxylic acids is 1. The molecule has 0 bridgehead atoms. The van der Waals surface area contributed by atoms with Crippen LogP contribution in [0.5, 0.6) is 0 Å². The number of esters is 1. The molecule has 126 valence electrons. The monoisotopic (exact) mass is 353 g/mol. The Labute approximate surface area is 140 Å². The van der Waals surface area contributed by atoms with Gasteiger partial charge in [0, 0.05) is 6.92 Å². The number of ether oxygens (including phenoxy) is 1. The van der Waals surface area contributed by atoms with E-state index in [0.717, 1.165) is 6.20 Å². The van der Waals surface area contributed by atoms with Crippen LogP contribution in [0.15, 0.2) is 23.4 Å². The van der Waals surface area contributed by atoms with E-state index in [2.05, 4.69) is 25.7 Å². The lowest BCUT2D eigenvalue weighted by Gasteiger charge is -2.03. The minimum Gasteiger partial charge on any atom is -0.462 e. The maximum atomic E-state index is 11.0. The lowest BCUT2D eigenvalue weighted by Crippen LogP contribution is -2.13. The van der Waals surface area contributed by atoms with Gasteiger partial charge in [-0.25, -0.2) is 9.55 Å². The van der Waals surface area contributed by atoms with Gasteiger partial charge in [-0.15, -0.1) is 10.2 Å². The van der Waals surface area contributed by atoms with Crippen molar-refractivity contribution in [3.8, 4) is 0 Å². The third-order valence-electron chi connectivity index (χ3n) is 2.66. The van der Waals surface area contributed by atoms with Gasteiger partial charge >= 0.3 is 11.8 Å². The minimum atomic E-state index is -0.587. The van der Waals surface area contributed by atoms with E-state index in [0.29, 0.717) is 5.82 Å². The highest BCUT2D eigenvalue weighted by Crippen LogP contribution is 2.13. The van der Waals surface area contributed by atoms with Crippen LogP contribution in [0.2, 0.25) is 5.15 Å². The van der Waals surface area contributed by atoms with Crippen LogP contribution in [0.4, 0.5) is 11.6 Å². The number of hydrogen-bond acceptors (Lipinski definition) is 9. The zero-order valence-corrected chi connectivity index (χ0v) is 13.2. The van der Waals surface area contributed by atoms with Crippen molar-refractivity contribution in [1.29, 1.82) is 0 Å². The second-order valence-electron chi connectivity index (χ2n) is 4.33. The topological polar surface area (TPSA) is 137 Å². The van der Waals surface area contributed by atoms with E-state index < -0.39 is 10.9 Å². The molecule has 0 aliphatic heterocycles. The number of carbonyl (C=O) groups is 1. The first-order valence-corrected chi connectivity index (χ1v) is 6.96. The van der Waals surface area contributed by atoms with Crippen molar-refractivity contribution in [2.24, 2.45) is 5.10 Å². The molecule has 2 aromatic rings. The SMILES string of the molecule is CC(=O)OCCn1c([N+](=O)[O-])cnc1C=NNc1ccc(Cl)nn1. The molecule has 0 aromatic carbocycles. The maximum absolute atomic E-state index is 11.0. The highest BCUT2D eigenvalue weighted by molar-refractivity contribution is 6.29. The van der Waals surface area contributed by atoms with Gasteiger partial charge in [0.1, 0.15) is 25.6 Å². The van der Waals surface area contributed by atoms with Gasteiger partial charge in [0.15, 0.2) is 11.0 Å². The molecule has 11 nitrogen and oxygen atoms in total. The highest BCUT2D eigenvalue weighted by atomic mass is 35.5. The summed E-state index contributed by atoms with van der Waals surface area (Å²) >= 11 is 5.61. The first kappa shape index (κ1) is 17.3. The summed E-state index contributed by atoms with van der Waals surface area (Å²) in [5.74, 6) is -0.169. The normalized spacial score (nSPS) is 10.8. The van der Waals surface area contributed by atoms with E-state index in [4.69, 9.17) is 16.3 Å². The molecule has 0 fully saturated rings. The number of nitro groups is 1. The van der Waals surface area contributed by atoms with Gasteiger partial charge in [-0.05, 0) is 17.1 Å². The molecular weight excluding hydrogens is 342 g/mol. The second kappa shape index (κ2) is 7.97. The predicted molar refractivity (Wildman–Crippen MR) is 83.8 cm³/mol. The van der Waals surface area contributed by atoms with Crippen LogP contribution in [0.3, 0.4) is 0 Å². The van der Waals surface area contributed by atoms with Gasteiger partial charge in [0.05, 0.1) is 0 Å². The van der Waals surface area contributed by atoms with Crippen LogP contribution in [-0.2, 0) is 16.1 Å². The molecule has 0 spiro atoms. The summed E-state index contributed by atoms with van der Waals surface area (Å²) in [6, 6.07) is 3.08. The molecule has 2 rings (SSSR count). The number of nitrogens with one attached hydrogen (secondary N) is 1. The van der Waals surface area contributed by atoms with Crippen molar-refractivity contribution in [3.63, 3.8) is 0 Å². The summed E-state index contributed by atoms with van der Waals surface area (Å²) in [5, 5.41) is 22.5. The molecule has 0 aliphatic carbocycles. The quantitative estimate of drug-likeness (QED) is 0.339. The molecule has 0 aliphatic rings. The Morgan fingerprint density at radius 1 is 1.54 bits per heavy atom. The molecular formula is C12H12ClN7O4. The molecule has 0 radical (unpaired) electrons. The summed E-state index contributed by atoms with van der Waals surface area (Å²) < 4.78 is 6.05. The molecule has 0 atom stereocenters. The lowest BCUT2D eigenvalue weighted by atomic mass is 10.5. The average Bonchev–Trinajstić information content (AvgIpc) is 2.92. The summed E-state index contributed by atoms with van der Waals surface area (Å²) in [6.45, 7) is 1.29. The van der Waals surface area contributed by atoms with Gasteiger partial charge in [0.2, 0.25) is 5.82 Å². The first-order valence-electron chi connectivity index (χ1n) is 6.59. The summed E-state index contributed by atoms with van der Waals surface area (Å²) in [6.07, 6.45) is 2.37. The van der Waals surface area contributed by atoms with Crippen LogP contribution in [0.1, 0.15) is 12.7 Å². The van der Waals surface area contributed by atoms with Crippen molar-refractivity contribution in [3.05, 3.63) is 39.4 Å². The van der Waals surface area contributed by atoms with Crippen molar-refractivity contribution < 1.29 is 14.5 Å². The molecule has 0 saturated heterocycles. The fourth-order valence-corrected chi connectivity index (χ4v) is 1.77. The van der Waals surface area contributed by atoms with Gasteiger partial charge in [-0.3, -0.25) is 10.2 Å². The highest BCUT2D eigenvalue weighted by Gasteiger charge is 2.19. The number of hydrazone groups is 1. The Morgan fingerprint density at radius 3 is 2.96 bits per heavy atom. The van der Waals surface area contributed by atoms with Gasteiger partial charge in [-0.1, -0.05) is 11.6 Å². The molecule has 0 amide bonds. The van der Waals surface area contributed by atoms with Crippen LogP contribution >= 0.6 is 11.6 Å². The van der Waals surface area contributed by atoms with Crippen LogP contribution in [0, 0.1) is 10.1 Å². The number of aromatic nitrogens is 4. The molecule has 2 aromatic heterocycles. The zero-order valence-electron chi connectivity index (χ0n) is 12.4. The largest absolute Gasteiger partial charge is 0.462 e. The minimum absolute atomic E-state index is 0.0243. The number of imidazole rings is 1. The van der Waals surface area contributed by atoms with E-state index in [1.807, 2.05) is 0 Å². The van der Waals surface area contributed by atoms with Gasteiger partial charge in [-0.2, -0.15) is 5.10 Å². The van der Waals surface area contributed by atoms with Crippen LogP contribution in [-0.4, -0.2) is 43.5 Å². The Morgan fingerprint density at radius 2 is 2.33 bits per heavy atom. The molecule has 12 heteroatoms. The van der Waals surface area contributed by atoms with E-state index >= 15 is 0 Å². The van der Waals surface area contributed by atoms with Crippen molar-refractivity contribution >= 4 is 35.4 Å². The Bertz CT molecular complexity index is 759. The van der Waals surface area contributed by atoms with Crippen molar-refractivity contribution in [2.75, 3.05) is 12.0 Å². The number of nitrogens with zero attached hydrogens (tertiary/aromatic N) is 6. The Kier molecular flexibility index (Phi) is 5.73. The Hall–Kier alpha value is -3.08. The van der Waals surface area contributed by atoms with Crippen LogP contribution in [0.25, 0.3) is 0 Å². The van der Waals surface area contributed by atoms with E-state index in [9.17, 15) is 14.9 Å². The first-order chi connectivity index (χ1) is 11.5. The van der Waals surface area contributed by atoms with E-state index in [-0.39, 0.29) is 29.9 Å². The maximum Gasteiger partial charge on any atom is 0.343 e. The third kappa shape index (κ3) is 4.71. The molecule has 0 saturated carbocycles. The van der Waals surface area contributed by atoms with E-state index in [1.54, 1.807) is 6.07 Å². The average molecular weight is 354 g/mol. The molecule has 1 N–H and O–H groups in total. The van der Waals surface area contributed by atoms with Gasteiger partial charge < -0.3 is 14.9 Å². The van der Waals surface area contributed by atoms with Crippen LogP contribution < -0.4 is 5.43 Å². The number of rotatable bonds is 7. The summed E-state index contributed by atoms with van der Waals surface area (Å²) in [5.41, 5.74) is 2.59. The summed E-state index contributed by atoms with van der Waals surface area (Å²) in [7, 11) is 0. The Balaban J connectivity index is 2.10. The van der Waals surface area contributed by atoms with Crippen molar-refractivity contribution in [2.45, 2.75) is 13.5 Å². The van der Waals surface area contributed by atoms with Crippen molar-refractivity contribution in [1.82, 2.24) is 19.7 Å². The zero-order chi connectivity index (χ0) is 17.5.